The lowest BCUT2D eigenvalue weighted by molar-refractivity contribution is -0.140. The molecule has 0 spiro atoms. The molecule has 1 aromatic rings. The first-order valence-corrected chi connectivity index (χ1v) is 8.00. The van der Waals surface area contributed by atoms with Gasteiger partial charge in [-0.25, -0.2) is 8.42 Å². The van der Waals surface area contributed by atoms with Crippen molar-refractivity contribution in [1.82, 2.24) is 0 Å². The van der Waals surface area contributed by atoms with E-state index in [0.29, 0.717) is 16.3 Å². The molecule has 0 N–H and O–H groups in total. The number of rotatable bonds is 6. The van der Waals surface area contributed by atoms with E-state index in [1.807, 2.05) is 0 Å². The predicted molar refractivity (Wildman–Crippen MR) is 76.7 cm³/mol. The summed E-state index contributed by atoms with van der Waals surface area (Å²) in [6, 6.07) is 4.77. The highest BCUT2D eigenvalue weighted by atomic mass is 35.5. The molecule has 0 bridgehead atoms. The lowest BCUT2D eigenvalue weighted by Gasteiger charge is -2.14. The van der Waals surface area contributed by atoms with Gasteiger partial charge in [0.15, 0.2) is 9.84 Å². The maximum atomic E-state index is 12.2. The fourth-order valence-corrected chi connectivity index (χ4v) is 3.19. The molecule has 0 radical (unpaired) electrons. The standard InChI is InChI=1S/C13H17ClO5S/c1-9(6-13(15)19-3)20(16,17)8-10-7-11(14)4-5-12(10)18-2/h4-5,7,9H,6,8H2,1-3H3. The first-order valence-electron chi connectivity index (χ1n) is 5.91. The normalized spacial score (nSPS) is 12.8. The maximum absolute atomic E-state index is 12.2. The van der Waals surface area contributed by atoms with Crippen LogP contribution < -0.4 is 4.74 Å². The molecule has 0 heterocycles. The van der Waals surface area contributed by atoms with E-state index in [0.717, 1.165) is 0 Å². The number of halogens is 1. The number of hydrogen-bond acceptors (Lipinski definition) is 5. The van der Waals surface area contributed by atoms with E-state index in [9.17, 15) is 13.2 Å². The summed E-state index contributed by atoms with van der Waals surface area (Å²) in [5.74, 6) is -0.350. The molecule has 0 aromatic heterocycles. The second kappa shape index (κ2) is 6.95. The number of ether oxygens (including phenoxy) is 2. The van der Waals surface area contributed by atoms with Gasteiger partial charge in [-0.05, 0) is 25.1 Å². The molecule has 112 valence electrons. The third kappa shape index (κ3) is 4.38. The van der Waals surface area contributed by atoms with Gasteiger partial charge in [-0.1, -0.05) is 11.6 Å². The van der Waals surface area contributed by atoms with Gasteiger partial charge in [0.05, 0.1) is 31.6 Å². The summed E-state index contributed by atoms with van der Waals surface area (Å²) >= 11 is 5.86. The van der Waals surface area contributed by atoms with E-state index in [2.05, 4.69) is 4.74 Å². The van der Waals surface area contributed by atoms with Gasteiger partial charge < -0.3 is 9.47 Å². The first kappa shape index (κ1) is 16.8. The Morgan fingerprint density at radius 2 is 2.00 bits per heavy atom. The van der Waals surface area contributed by atoms with Crippen molar-refractivity contribution < 1.29 is 22.7 Å². The minimum absolute atomic E-state index is 0.179. The average molecular weight is 321 g/mol. The maximum Gasteiger partial charge on any atom is 0.306 e. The number of carbonyl (C=O) groups is 1. The quantitative estimate of drug-likeness (QED) is 0.752. The number of carbonyl (C=O) groups excluding carboxylic acids is 1. The summed E-state index contributed by atoms with van der Waals surface area (Å²) in [7, 11) is -0.828. The van der Waals surface area contributed by atoms with Crippen molar-refractivity contribution >= 4 is 27.4 Å². The molecule has 1 aromatic carbocycles. The zero-order valence-corrected chi connectivity index (χ0v) is 13.1. The van der Waals surface area contributed by atoms with Gasteiger partial charge in [0.1, 0.15) is 5.75 Å². The topological polar surface area (TPSA) is 69.7 Å². The zero-order chi connectivity index (χ0) is 15.3. The van der Waals surface area contributed by atoms with Crippen LogP contribution in [0.15, 0.2) is 18.2 Å². The number of hydrogen-bond donors (Lipinski definition) is 0. The molecule has 20 heavy (non-hydrogen) atoms. The summed E-state index contributed by atoms with van der Waals surface area (Å²) in [5.41, 5.74) is 0.469. The summed E-state index contributed by atoms with van der Waals surface area (Å²) < 4.78 is 34.0. The van der Waals surface area contributed by atoms with E-state index in [1.54, 1.807) is 18.2 Å². The number of methoxy groups -OCH3 is 2. The molecule has 0 saturated carbocycles. The smallest absolute Gasteiger partial charge is 0.306 e. The van der Waals surface area contributed by atoms with Crippen LogP contribution in [-0.2, 0) is 25.1 Å². The molecular formula is C13H17ClO5S. The van der Waals surface area contributed by atoms with Crippen molar-refractivity contribution in [2.24, 2.45) is 0 Å². The molecule has 0 aliphatic carbocycles. The van der Waals surface area contributed by atoms with Crippen molar-refractivity contribution in [2.45, 2.75) is 24.3 Å². The van der Waals surface area contributed by atoms with E-state index >= 15 is 0 Å². The molecule has 0 aliphatic heterocycles. The Balaban J connectivity index is 2.96. The fourth-order valence-electron chi connectivity index (χ4n) is 1.66. The van der Waals surface area contributed by atoms with Crippen LogP contribution >= 0.6 is 11.6 Å². The SMILES string of the molecule is COC(=O)CC(C)S(=O)(=O)Cc1cc(Cl)ccc1OC. The Morgan fingerprint density at radius 1 is 1.35 bits per heavy atom. The molecule has 1 rings (SSSR count). The Morgan fingerprint density at radius 3 is 2.55 bits per heavy atom. The molecular weight excluding hydrogens is 304 g/mol. The van der Waals surface area contributed by atoms with Crippen LogP contribution in [0.3, 0.4) is 0 Å². The average Bonchev–Trinajstić information content (AvgIpc) is 2.38. The molecule has 0 saturated heterocycles. The summed E-state index contributed by atoms with van der Waals surface area (Å²) in [4.78, 5) is 11.2. The molecule has 7 heteroatoms. The van der Waals surface area contributed by atoms with Crippen LogP contribution in [0.25, 0.3) is 0 Å². The number of esters is 1. The lowest BCUT2D eigenvalue weighted by Crippen LogP contribution is -2.23. The van der Waals surface area contributed by atoms with E-state index < -0.39 is 21.1 Å². The Kier molecular flexibility index (Phi) is 5.83. The predicted octanol–water partition coefficient (Wildman–Crippen LogP) is 2.21. The van der Waals surface area contributed by atoms with Crippen LogP contribution in [0, 0.1) is 0 Å². The van der Waals surface area contributed by atoms with Gasteiger partial charge in [0, 0.05) is 10.6 Å². The first-order chi connectivity index (χ1) is 9.30. The number of sulfone groups is 1. The molecule has 1 unspecified atom stereocenters. The molecule has 0 amide bonds. The van der Waals surface area contributed by atoms with Gasteiger partial charge in [0.2, 0.25) is 0 Å². The van der Waals surface area contributed by atoms with Gasteiger partial charge >= 0.3 is 5.97 Å². The van der Waals surface area contributed by atoms with Gasteiger partial charge in [-0.3, -0.25) is 4.79 Å². The Bertz CT molecular complexity index is 582. The fraction of sp³-hybridized carbons (Fsp3) is 0.462. The minimum atomic E-state index is -3.51. The molecule has 5 nitrogen and oxygen atoms in total. The monoisotopic (exact) mass is 320 g/mol. The summed E-state index contributed by atoms with van der Waals surface area (Å²) in [6.45, 7) is 1.48. The van der Waals surface area contributed by atoms with Crippen molar-refractivity contribution in [3.8, 4) is 5.75 Å². The highest BCUT2D eigenvalue weighted by Crippen LogP contribution is 2.26. The number of benzene rings is 1. The van der Waals surface area contributed by atoms with Crippen molar-refractivity contribution in [3.63, 3.8) is 0 Å². The van der Waals surface area contributed by atoms with Gasteiger partial charge in [0.25, 0.3) is 0 Å². The van der Waals surface area contributed by atoms with E-state index in [-0.39, 0.29) is 12.2 Å². The summed E-state index contributed by atoms with van der Waals surface area (Å²) in [6.07, 6.45) is -0.179. The Hall–Kier alpha value is -1.27. The summed E-state index contributed by atoms with van der Waals surface area (Å²) in [5, 5.41) is -0.407. The van der Waals surface area contributed by atoms with Gasteiger partial charge in [-0.2, -0.15) is 0 Å². The molecule has 0 fully saturated rings. The lowest BCUT2D eigenvalue weighted by atomic mass is 10.2. The third-order valence-corrected chi connectivity index (χ3v) is 5.24. The van der Waals surface area contributed by atoms with E-state index in [1.165, 1.54) is 21.1 Å². The van der Waals surface area contributed by atoms with Crippen molar-refractivity contribution in [1.29, 1.82) is 0 Å². The van der Waals surface area contributed by atoms with Crippen LogP contribution in [0.5, 0.6) is 5.75 Å². The highest BCUT2D eigenvalue weighted by Gasteiger charge is 2.25. The molecule has 0 aliphatic rings. The van der Waals surface area contributed by atoms with Crippen LogP contribution in [0.2, 0.25) is 5.02 Å². The van der Waals surface area contributed by atoms with Gasteiger partial charge in [-0.15, -0.1) is 0 Å². The van der Waals surface area contributed by atoms with Crippen LogP contribution in [0.4, 0.5) is 0 Å². The van der Waals surface area contributed by atoms with Crippen molar-refractivity contribution in [3.05, 3.63) is 28.8 Å². The largest absolute Gasteiger partial charge is 0.496 e. The third-order valence-electron chi connectivity index (χ3n) is 2.89. The zero-order valence-electron chi connectivity index (χ0n) is 11.6. The highest BCUT2D eigenvalue weighted by molar-refractivity contribution is 7.91. The molecule has 1 atom stereocenters. The van der Waals surface area contributed by atoms with Crippen LogP contribution in [-0.4, -0.2) is 33.9 Å². The second-order valence-electron chi connectivity index (χ2n) is 4.35. The van der Waals surface area contributed by atoms with E-state index in [4.69, 9.17) is 16.3 Å². The van der Waals surface area contributed by atoms with Crippen LogP contribution in [0.1, 0.15) is 18.9 Å². The minimum Gasteiger partial charge on any atom is -0.496 e. The Labute approximate surface area is 123 Å². The second-order valence-corrected chi connectivity index (χ2v) is 7.21. The van der Waals surface area contributed by atoms with Crippen molar-refractivity contribution in [2.75, 3.05) is 14.2 Å².